The second kappa shape index (κ2) is 12.9. The molecule has 4 nitrogen and oxygen atoms in total. The molecule has 0 unspecified atom stereocenters. The molecular formula is C49H32N4. The third-order valence-electron chi connectivity index (χ3n) is 10.1. The van der Waals surface area contributed by atoms with E-state index in [2.05, 4.69) is 138 Å². The molecule has 0 fully saturated rings. The number of hydrogen-bond acceptors (Lipinski definition) is 3. The van der Waals surface area contributed by atoms with E-state index in [0.29, 0.717) is 17.5 Å². The Morgan fingerprint density at radius 1 is 0.302 bits per heavy atom. The number of aromatic nitrogens is 4. The molecule has 2 heterocycles. The first kappa shape index (κ1) is 30.6. The van der Waals surface area contributed by atoms with E-state index in [1.54, 1.807) is 0 Å². The SMILES string of the molecule is c1ccc(-c2nc(-c3ccccc3)nc(-c3ccc(-c4cccc5ccc(-c6cccc(-n7c8ccccc8c8ccccc87)c6)cc45)cc3)n2)cc1. The van der Waals surface area contributed by atoms with Gasteiger partial charge in [0.25, 0.3) is 0 Å². The second-order valence-corrected chi connectivity index (χ2v) is 13.3. The highest BCUT2D eigenvalue weighted by Gasteiger charge is 2.15. The Hall–Kier alpha value is -7.17. The summed E-state index contributed by atoms with van der Waals surface area (Å²) >= 11 is 0. The largest absolute Gasteiger partial charge is 0.309 e. The number of benzene rings is 8. The quantitative estimate of drug-likeness (QED) is 0.176. The van der Waals surface area contributed by atoms with Crippen molar-refractivity contribution in [1.29, 1.82) is 0 Å². The zero-order chi connectivity index (χ0) is 35.1. The molecule has 10 aromatic rings. The number of rotatable bonds is 6. The van der Waals surface area contributed by atoms with Gasteiger partial charge in [-0.25, -0.2) is 15.0 Å². The number of hydrogen-bond donors (Lipinski definition) is 0. The van der Waals surface area contributed by atoms with Gasteiger partial charge < -0.3 is 4.57 Å². The summed E-state index contributed by atoms with van der Waals surface area (Å²) in [6.45, 7) is 0. The number of para-hydroxylation sites is 2. The summed E-state index contributed by atoms with van der Waals surface area (Å²) in [4.78, 5) is 14.7. The summed E-state index contributed by atoms with van der Waals surface area (Å²) in [5.74, 6) is 1.96. The van der Waals surface area contributed by atoms with Crippen molar-refractivity contribution in [3.8, 4) is 62.1 Å². The first-order valence-corrected chi connectivity index (χ1v) is 17.9. The molecule has 0 saturated heterocycles. The van der Waals surface area contributed by atoms with Crippen LogP contribution in [-0.2, 0) is 0 Å². The molecule has 10 rings (SSSR count). The fraction of sp³-hybridized carbons (Fsp3) is 0. The lowest BCUT2D eigenvalue weighted by molar-refractivity contribution is 1.07. The van der Waals surface area contributed by atoms with Crippen LogP contribution in [0.25, 0.3) is 94.7 Å². The molecule has 0 atom stereocenters. The predicted molar refractivity (Wildman–Crippen MR) is 219 cm³/mol. The molecule has 2 aromatic heterocycles. The van der Waals surface area contributed by atoms with Crippen molar-refractivity contribution in [2.45, 2.75) is 0 Å². The van der Waals surface area contributed by atoms with Gasteiger partial charge in [-0.15, -0.1) is 0 Å². The van der Waals surface area contributed by atoms with E-state index < -0.39 is 0 Å². The molecule has 0 aliphatic carbocycles. The van der Waals surface area contributed by atoms with Crippen LogP contribution in [-0.4, -0.2) is 19.5 Å². The minimum Gasteiger partial charge on any atom is -0.309 e. The van der Waals surface area contributed by atoms with Crippen molar-refractivity contribution in [1.82, 2.24) is 19.5 Å². The third kappa shape index (κ3) is 5.54. The lowest BCUT2D eigenvalue weighted by atomic mass is 9.94. The van der Waals surface area contributed by atoms with Crippen LogP contribution >= 0.6 is 0 Å². The standard InChI is InChI=1S/C49H32N4/c1-3-13-35(14-4-1)47-50-48(36-15-5-2-6-16-36)52-49(51-47)37-28-25-34(26-29-37)41-22-12-17-33-27-30-39(32-44(33)41)38-18-11-19-40(31-38)53-45-23-9-7-20-42(45)43-21-8-10-24-46(43)53/h1-32H. The summed E-state index contributed by atoms with van der Waals surface area (Å²) in [6, 6.07) is 68.3. The van der Waals surface area contributed by atoms with Gasteiger partial charge in [0.05, 0.1) is 11.0 Å². The molecule has 0 aliphatic rings. The second-order valence-electron chi connectivity index (χ2n) is 13.3. The molecule has 4 heteroatoms. The Labute approximate surface area is 307 Å². The molecule has 8 aromatic carbocycles. The van der Waals surface area contributed by atoms with E-state index in [0.717, 1.165) is 27.9 Å². The van der Waals surface area contributed by atoms with E-state index in [1.165, 1.54) is 49.3 Å². The zero-order valence-corrected chi connectivity index (χ0v) is 28.8. The van der Waals surface area contributed by atoms with E-state index in [1.807, 2.05) is 60.7 Å². The van der Waals surface area contributed by atoms with Gasteiger partial charge in [-0.2, -0.15) is 0 Å². The van der Waals surface area contributed by atoms with Crippen molar-refractivity contribution in [3.05, 3.63) is 194 Å². The average Bonchev–Trinajstić information content (AvgIpc) is 3.58. The van der Waals surface area contributed by atoms with Gasteiger partial charge in [-0.1, -0.05) is 164 Å². The molecule has 0 radical (unpaired) electrons. The molecule has 0 saturated carbocycles. The minimum atomic E-state index is 0.646. The molecule has 0 N–H and O–H groups in total. The lowest BCUT2D eigenvalue weighted by Crippen LogP contribution is -2.00. The monoisotopic (exact) mass is 676 g/mol. The topological polar surface area (TPSA) is 43.6 Å². The van der Waals surface area contributed by atoms with Gasteiger partial charge in [0, 0.05) is 33.2 Å². The van der Waals surface area contributed by atoms with Crippen molar-refractivity contribution in [2.24, 2.45) is 0 Å². The van der Waals surface area contributed by atoms with Crippen LogP contribution in [0.15, 0.2) is 194 Å². The minimum absolute atomic E-state index is 0.646. The Kier molecular flexibility index (Phi) is 7.43. The van der Waals surface area contributed by atoms with Crippen LogP contribution in [0.1, 0.15) is 0 Å². The highest BCUT2D eigenvalue weighted by molar-refractivity contribution is 6.09. The number of fused-ring (bicyclic) bond motifs is 4. The lowest BCUT2D eigenvalue weighted by Gasteiger charge is -2.13. The highest BCUT2D eigenvalue weighted by atomic mass is 15.0. The third-order valence-corrected chi connectivity index (χ3v) is 10.1. The normalized spacial score (nSPS) is 11.4. The first-order chi connectivity index (χ1) is 26.3. The molecule has 53 heavy (non-hydrogen) atoms. The Balaban J connectivity index is 1.03. The van der Waals surface area contributed by atoms with Crippen LogP contribution in [0.2, 0.25) is 0 Å². The van der Waals surface area contributed by atoms with Crippen molar-refractivity contribution >= 4 is 32.6 Å². The maximum Gasteiger partial charge on any atom is 0.164 e. The van der Waals surface area contributed by atoms with Crippen molar-refractivity contribution < 1.29 is 0 Å². The molecule has 248 valence electrons. The summed E-state index contributed by atoms with van der Waals surface area (Å²) in [5, 5.41) is 4.93. The van der Waals surface area contributed by atoms with Gasteiger partial charge in [0.1, 0.15) is 0 Å². The van der Waals surface area contributed by atoms with Crippen LogP contribution in [0, 0.1) is 0 Å². The number of nitrogens with zero attached hydrogens (tertiary/aromatic N) is 4. The van der Waals surface area contributed by atoms with E-state index in [4.69, 9.17) is 15.0 Å². The van der Waals surface area contributed by atoms with Crippen LogP contribution in [0.5, 0.6) is 0 Å². The van der Waals surface area contributed by atoms with Crippen molar-refractivity contribution in [2.75, 3.05) is 0 Å². The smallest absolute Gasteiger partial charge is 0.164 e. The fourth-order valence-electron chi connectivity index (χ4n) is 7.47. The molecule has 0 aliphatic heterocycles. The Morgan fingerprint density at radius 3 is 1.40 bits per heavy atom. The van der Waals surface area contributed by atoms with Crippen LogP contribution in [0.4, 0.5) is 0 Å². The summed E-state index contributed by atoms with van der Waals surface area (Å²) < 4.78 is 2.38. The molecule has 0 spiro atoms. The summed E-state index contributed by atoms with van der Waals surface area (Å²) in [7, 11) is 0. The highest BCUT2D eigenvalue weighted by Crippen LogP contribution is 2.36. The van der Waals surface area contributed by atoms with Gasteiger partial charge in [-0.3, -0.25) is 0 Å². The van der Waals surface area contributed by atoms with Gasteiger partial charge in [0.2, 0.25) is 0 Å². The van der Waals surface area contributed by atoms with E-state index in [-0.39, 0.29) is 0 Å². The fourth-order valence-corrected chi connectivity index (χ4v) is 7.47. The zero-order valence-electron chi connectivity index (χ0n) is 28.8. The molecular weight excluding hydrogens is 645 g/mol. The molecule has 0 amide bonds. The first-order valence-electron chi connectivity index (χ1n) is 17.9. The maximum absolute atomic E-state index is 4.93. The van der Waals surface area contributed by atoms with Gasteiger partial charge in [0.15, 0.2) is 17.5 Å². The summed E-state index contributed by atoms with van der Waals surface area (Å²) in [6.07, 6.45) is 0. The van der Waals surface area contributed by atoms with Crippen LogP contribution < -0.4 is 0 Å². The van der Waals surface area contributed by atoms with Crippen molar-refractivity contribution in [3.63, 3.8) is 0 Å². The van der Waals surface area contributed by atoms with Gasteiger partial charge >= 0.3 is 0 Å². The summed E-state index contributed by atoms with van der Waals surface area (Å²) in [5.41, 5.74) is 11.1. The Morgan fingerprint density at radius 2 is 0.774 bits per heavy atom. The Bertz CT molecular complexity index is 2820. The maximum atomic E-state index is 4.93. The van der Waals surface area contributed by atoms with E-state index >= 15 is 0 Å². The predicted octanol–water partition coefficient (Wildman–Crippen LogP) is 12.5. The molecule has 0 bridgehead atoms. The van der Waals surface area contributed by atoms with Crippen LogP contribution in [0.3, 0.4) is 0 Å². The van der Waals surface area contributed by atoms with E-state index in [9.17, 15) is 0 Å². The van der Waals surface area contributed by atoms with Gasteiger partial charge in [-0.05, 0) is 63.4 Å². The average molecular weight is 677 g/mol.